The zero-order valence-corrected chi connectivity index (χ0v) is 17.3. The van der Waals surface area contributed by atoms with Crippen LogP contribution in [0, 0.1) is 0 Å². The summed E-state index contributed by atoms with van der Waals surface area (Å²) in [7, 11) is 3.71. The Hall–Kier alpha value is -3.89. The number of hydrogen-bond donors (Lipinski definition) is 3. The van der Waals surface area contributed by atoms with E-state index in [0.29, 0.717) is 36.1 Å². The van der Waals surface area contributed by atoms with Crippen molar-refractivity contribution in [2.45, 2.75) is 13.8 Å². The molecule has 3 aromatic heterocycles. The van der Waals surface area contributed by atoms with Gasteiger partial charge < -0.3 is 20.3 Å². The number of carbonyl (C=O) groups is 2. The number of fused-ring (bicyclic) bond motifs is 1. The van der Waals surface area contributed by atoms with Gasteiger partial charge in [-0.3, -0.25) is 9.72 Å². The molecule has 0 aliphatic rings. The number of aromatic nitrogens is 4. The normalized spacial score (nSPS) is 10.5. The number of pyridine rings is 1. The van der Waals surface area contributed by atoms with Gasteiger partial charge in [-0.25, -0.2) is 24.5 Å². The van der Waals surface area contributed by atoms with Gasteiger partial charge in [0.2, 0.25) is 11.8 Å². The molecule has 0 aromatic carbocycles. The van der Waals surface area contributed by atoms with E-state index in [4.69, 9.17) is 4.74 Å². The topological polar surface area (TPSA) is 126 Å². The van der Waals surface area contributed by atoms with Crippen molar-refractivity contribution >= 4 is 29.5 Å². The number of urea groups is 1. The number of nitrogens with one attached hydrogen (secondary N) is 3. The lowest BCUT2D eigenvalue weighted by molar-refractivity contribution is 0.198. The number of nitrogens with zero attached hydrogens (tertiary/aromatic N) is 5. The van der Waals surface area contributed by atoms with E-state index in [0.717, 1.165) is 5.56 Å². The number of rotatable bonds is 6. The highest BCUT2D eigenvalue weighted by Gasteiger charge is 2.15. The molecule has 11 heteroatoms. The highest BCUT2D eigenvalue weighted by atomic mass is 16.6. The van der Waals surface area contributed by atoms with Gasteiger partial charge in [0, 0.05) is 51.2 Å². The van der Waals surface area contributed by atoms with Gasteiger partial charge in [-0.15, -0.1) is 0 Å². The summed E-state index contributed by atoms with van der Waals surface area (Å²) >= 11 is 0. The van der Waals surface area contributed by atoms with Gasteiger partial charge in [0.15, 0.2) is 5.82 Å². The maximum atomic E-state index is 12.0. The van der Waals surface area contributed by atoms with Crippen LogP contribution in [-0.4, -0.2) is 58.7 Å². The van der Waals surface area contributed by atoms with Gasteiger partial charge in [0.1, 0.15) is 5.65 Å². The van der Waals surface area contributed by atoms with E-state index >= 15 is 0 Å². The minimum absolute atomic E-state index is 0.238. The van der Waals surface area contributed by atoms with E-state index in [2.05, 4.69) is 30.9 Å². The highest BCUT2D eigenvalue weighted by molar-refractivity contribution is 5.88. The summed E-state index contributed by atoms with van der Waals surface area (Å²) in [6.07, 6.45) is 4.35. The van der Waals surface area contributed by atoms with Crippen LogP contribution >= 0.6 is 0 Å². The summed E-state index contributed by atoms with van der Waals surface area (Å²) in [5.41, 5.74) is 1.92. The van der Waals surface area contributed by atoms with Crippen LogP contribution in [0.5, 0.6) is 5.88 Å². The second-order valence-electron chi connectivity index (χ2n) is 6.51. The van der Waals surface area contributed by atoms with Gasteiger partial charge in [0.05, 0.1) is 6.20 Å². The summed E-state index contributed by atoms with van der Waals surface area (Å²) in [6.45, 7) is 4.52. The number of carbonyl (C=O) groups excluding carboxylic acids is 2. The Morgan fingerprint density at radius 3 is 2.40 bits per heavy atom. The first-order valence-electron chi connectivity index (χ1n) is 9.44. The molecule has 0 aliphatic carbocycles. The zero-order valence-electron chi connectivity index (χ0n) is 17.3. The fourth-order valence-electron chi connectivity index (χ4n) is 2.66. The molecule has 3 rings (SSSR count). The maximum absolute atomic E-state index is 12.0. The summed E-state index contributed by atoms with van der Waals surface area (Å²) in [4.78, 5) is 38.7. The second kappa shape index (κ2) is 9.07. The zero-order chi connectivity index (χ0) is 21.7. The van der Waals surface area contributed by atoms with Crippen molar-refractivity contribution in [3.8, 4) is 17.0 Å². The number of anilines is 2. The quantitative estimate of drug-likeness (QED) is 0.566. The van der Waals surface area contributed by atoms with Gasteiger partial charge >= 0.3 is 12.1 Å². The maximum Gasteiger partial charge on any atom is 0.413 e. The minimum atomic E-state index is -0.595. The van der Waals surface area contributed by atoms with E-state index in [1.54, 1.807) is 46.9 Å². The van der Waals surface area contributed by atoms with Crippen LogP contribution in [0.3, 0.4) is 0 Å². The summed E-state index contributed by atoms with van der Waals surface area (Å²) < 4.78 is 7.03. The molecule has 0 unspecified atom stereocenters. The third-order valence-electron chi connectivity index (χ3n) is 4.00. The molecular formula is C19H24N8O3. The predicted octanol–water partition coefficient (Wildman–Crippen LogP) is 2.11. The van der Waals surface area contributed by atoms with Crippen molar-refractivity contribution in [2.75, 3.05) is 37.4 Å². The van der Waals surface area contributed by atoms with Gasteiger partial charge in [-0.2, -0.15) is 0 Å². The molecule has 3 heterocycles. The molecule has 11 nitrogen and oxygen atoms in total. The number of hydrogen-bond acceptors (Lipinski definition) is 7. The largest absolute Gasteiger partial charge is 0.413 e. The molecule has 158 valence electrons. The standard InChI is InChI=1S/C19H24N8O3/c1-5-20-18(28)25-14-11-27-15(24-14)7-12(8-16(27)30-19(29)21-6-2)13-9-22-17(23-10-13)26(3)4/h7-11H,5-6H2,1-4H3,(H,21,29)(H2,20,25,28). The van der Waals surface area contributed by atoms with Gasteiger partial charge in [-0.05, 0) is 25.5 Å². The Labute approximate surface area is 173 Å². The van der Waals surface area contributed by atoms with Crippen LogP contribution in [0.4, 0.5) is 21.4 Å². The molecular weight excluding hydrogens is 388 g/mol. The monoisotopic (exact) mass is 412 g/mol. The second-order valence-corrected chi connectivity index (χ2v) is 6.51. The van der Waals surface area contributed by atoms with Crippen LogP contribution in [0.1, 0.15) is 13.8 Å². The minimum Gasteiger partial charge on any atom is -0.393 e. The van der Waals surface area contributed by atoms with Crippen LogP contribution in [0.2, 0.25) is 0 Å². The van der Waals surface area contributed by atoms with E-state index in [1.807, 2.05) is 21.0 Å². The fourth-order valence-corrected chi connectivity index (χ4v) is 2.66. The van der Waals surface area contributed by atoms with Gasteiger partial charge in [0.25, 0.3) is 0 Å². The smallest absolute Gasteiger partial charge is 0.393 e. The average Bonchev–Trinajstić information content (AvgIpc) is 3.11. The third-order valence-corrected chi connectivity index (χ3v) is 4.00. The Morgan fingerprint density at radius 1 is 1.07 bits per heavy atom. The Bertz CT molecular complexity index is 1050. The number of imidazole rings is 1. The molecule has 3 N–H and O–H groups in total. The molecule has 0 radical (unpaired) electrons. The van der Waals surface area contributed by atoms with Crippen molar-refractivity contribution in [3.63, 3.8) is 0 Å². The first-order valence-corrected chi connectivity index (χ1v) is 9.44. The molecule has 0 spiro atoms. The summed E-state index contributed by atoms with van der Waals surface area (Å²) in [5, 5.41) is 7.88. The highest BCUT2D eigenvalue weighted by Crippen LogP contribution is 2.27. The van der Waals surface area contributed by atoms with E-state index in [1.165, 1.54) is 0 Å². The van der Waals surface area contributed by atoms with Crippen molar-refractivity contribution in [1.29, 1.82) is 0 Å². The molecule has 0 aliphatic heterocycles. The molecule has 0 atom stereocenters. The van der Waals surface area contributed by atoms with Crippen molar-refractivity contribution in [3.05, 3.63) is 30.7 Å². The Kier molecular flexibility index (Phi) is 6.30. The van der Waals surface area contributed by atoms with E-state index < -0.39 is 6.09 Å². The molecule has 3 amide bonds. The lowest BCUT2D eigenvalue weighted by atomic mass is 10.1. The van der Waals surface area contributed by atoms with Gasteiger partial charge in [-0.1, -0.05) is 0 Å². The van der Waals surface area contributed by atoms with Crippen LogP contribution in [0.25, 0.3) is 16.8 Å². The first-order chi connectivity index (χ1) is 14.4. The van der Waals surface area contributed by atoms with Crippen molar-refractivity contribution < 1.29 is 14.3 Å². The van der Waals surface area contributed by atoms with E-state index in [-0.39, 0.29) is 11.9 Å². The van der Waals surface area contributed by atoms with Crippen LogP contribution in [-0.2, 0) is 0 Å². The average molecular weight is 412 g/mol. The van der Waals surface area contributed by atoms with Crippen molar-refractivity contribution in [1.82, 2.24) is 30.0 Å². The molecule has 0 saturated carbocycles. The Balaban J connectivity index is 2.02. The lowest BCUT2D eigenvalue weighted by Gasteiger charge is -2.11. The van der Waals surface area contributed by atoms with Crippen LogP contribution in [0.15, 0.2) is 30.7 Å². The van der Waals surface area contributed by atoms with E-state index in [9.17, 15) is 9.59 Å². The molecule has 30 heavy (non-hydrogen) atoms. The Morgan fingerprint density at radius 2 is 1.77 bits per heavy atom. The summed E-state index contributed by atoms with van der Waals surface area (Å²) in [6, 6.07) is 3.11. The van der Waals surface area contributed by atoms with Crippen LogP contribution < -0.4 is 25.6 Å². The molecule has 0 saturated heterocycles. The first kappa shape index (κ1) is 20.8. The third kappa shape index (κ3) is 4.74. The SMILES string of the molecule is CCNC(=O)Nc1cn2c(OC(=O)NCC)cc(-c3cnc(N(C)C)nc3)cc2n1. The predicted molar refractivity (Wildman–Crippen MR) is 113 cm³/mol. The molecule has 0 fully saturated rings. The lowest BCUT2D eigenvalue weighted by Crippen LogP contribution is -2.28. The molecule has 0 bridgehead atoms. The fraction of sp³-hybridized carbons (Fsp3) is 0.316. The number of ether oxygens (including phenoxy) is 1. The number of amides is 3. The summed E-state index contributed by atoms with van der Waals surface area (Å²) in [5.74, 6) is 1.13. The van der Waals surface area contributed by atoms with Crippen molar-refractivity contribution in [2.24, 2.45) is 0 Å². The molecule has 3 aromatic rings.